The highest BCUT2D eigenvalue weighted by molar-refractivity contribution is 5.57. The van der Waals surface area contributed by atoms with Gasteiger partial charge in [-0.3, -0.25) is 0 Å². The molecule has 132 valence electrons. The van der Waals surface area contributed by atoms with Crippen molar-refractivity contribution in [3.63, 3.8) is 0 Å². The number of hydrogen-bond donors (Lipinski definition) is 0. The first kappa shape index (κ1) is 19.2. The molecule has 0 saturated carbocycles. The van der Waals surface area contributed by atoms with Gasteiger partial charge in [0.2, 0.25) is 6.54 Å². The third-order valence-corrected chi connectivity index (χ3v) is 3.92. The summed E-state index contributed by atoms with van der Waals surface area (Å²) < 4.78 is 7.67. The molecule has 26 heavy (non-hydrogen) atoms. The molecular weight excluding hydrogens is 326 g/mol. The van der Waals surface area contributed by atoms with Gasteiger partial charge in [-0.25, -0.2) is 11.6 Å². The number of ether oxygens (including phenoxy) is 1. The highest BCUT2D eigenvalue weighted by Gasteiger charge is 2.18. The van der Waals surface area contributed by atoms with Gasteiger partial charge in [-0.15, -0.1) is 0 Å². The number of nitriles is 2. The topological polar surface area (TPSA) is 79.0 Å². The van der Waals surface area contributed by atoms with Crippen LogP contribution < -0.4 is 0 Å². The third-order valence-electron chi connectivity index (χ3n) is 3.92. The number of hydrogen-bond acceptors (Lipinski definition) is 4. The summed E-state index contributed by atoms with van der Waals surface area (Å²) in [5.41, 5.74) is 2.83. The predicted molar refractivity (Wildman–Crippen MR) is 97.6 cm³/mol. The van der Waals surface area contributed by atoms with E-state index in [2.05, 4.69) is 21.6 Å². The maximum Gasteiger partial charge on any atom is 0.232 e. The Morgan fingerprint density at radius 3 is 2.62 bits per heavy atom. The molecule has 6 nitrogen and oxygen atoms in total. The molecule has 0 aliphatic heterocycles. The quantitative estimate of drug-likeness (QED) is 0.484. The SMILES string of the molecule is [C-]#[N+]CCn1c(-c2ccccc2)nc(COCCC#N)c1CCCC#N. The second kappa shape index (κ2) is 10.7. The van der Waals surface area contributed by atoms with Crippen LogP contribution in [0.5, 0.6) is 0 Å². The van der Waals surface area contributed by atoms with Crippen molar-refractivity contribution < 1.29 is 4.74 Å². The Hall–Kier alpha value is -3.14. The standard InChI is InChI=1S/C20H21N5O/c1-23-13-14-25-19(10-5-6-11-21)18(16-26-15-7-12-22)24-20(25)17-8-3-2-4-9-17/h2-4,8-9H,5-7,10,13-16H2. The molecule has 2 rings (SSSR count). The molecule has 1 heterocycles. The van der Waals surface area contributed by atoms with E-state index in [9.17, 15) is 0 Å². The molecular formula is C20H21N5O. The number of aromatic nitrogens is 2. The number of imidazole rings is 1. The number of rotatable bonds is 10. The first-order valence-corrected chi connectivity index (χ1v) is 8.60. The first-order chi connectivity index (χ1) is 12.8. The molecule has 2 aromatic rings. The highest BCUT2D eigenvalue weighted by Crippen LogP contribution is 2.24. The van der Waals surface area contributed by atoms with Crippen LogP contribution in [0, 0.1) is 29.2 Å². The Labute approximate surface area is 154 Å². The molecule has 0 N–H and O–H groups in total. The van der Waals surface area contributed by atoms with Crippen molar-refractivity contribution in [2.45, 2.75) is 38.8 Å². The molecule has 0 spiro atoms. The van der Waals surface area contributed by atoms with Gasteiger partial charge < -0.3 is 14.1 Å². The van der Waals surface area contributed by atoms with Crippen LogP contribution in [-0.2, 0) is 24.3 Å². The first-order valence-electron chi connectivity index (χ1n) is 8.60. The number of nitrogens with zero attached hydrogens (tertiary/aromatic N) is 5. The minimum atomic E-state index is 0.328. The summed E-state index contributed by atoms with van der Waals surface area (Å²) in [6.45, 7) is 8.74. The van der Waals surface area contributed by atoms with Gasteiger partial charge in [0.25, 0.3) is 0 Å². The minimum absolute atomic E-state index is 0.328. The van der Waals surface area contributed by atoms with E-state index in [4.69, 9.17) is 26.8 Å². The molecule has 1 aromatic heterocycles. The molecule has 0 aliphatic rings. The lowest BCUT2D eigenvalue weighted by molar-refractivity contribution is 0.123. The summed E-state index contributed by atoms with van der Waals surface area (Å²) in [7, 11) is 0. The van der Waals surface area contributed by atoms with Crippen molar-refractivity contribution in [2.24, 2.45) is 0 Å². The molecule has 0 saturated heterocycles. The second-order valence-electron chi connectivity index (χ2n) is 5.70. The average Bonchev–Trinajstić information content (AvgIpc) is 3.02. The van der Waals surface area contributed by atoms with Crippen LogP contribution in [0.15, 0.2) is 30.3 Å². The Morgan fingerprint density at radius 1 is 1.15 bits per heavy atom. The van der Waals surface area contributed by atoms with Crippen molar-refractivity contribution in [2.75, 3.05) is 13.2 Å². The molecule has 0 atom stereocenters. The van der Waals surface area contributed by atoms with Gasteiger partial charge in [-0.1, -0.05) is 30.3 Å². The number of unbranched alkanes of at least 4 members (excludes halogenated alkanes) is 1. The van der Waals surface area contributed by atoms with Crippen LogP contribution in [0.1, 0.15) is 30.7 Å². The largest absolute Gasteiger partial charge is 0.374 e. The molecule has 6 heteroatoms. The van der Waals surface area contributed by atoms with Crippen LogP contribution in [0.25, 0.3) is 16.2 Å². The van der Waals surface area contributed by atoms with Gasteiger partial charge in [0, 0.05) is 17.7 Å². The van der Waals surface area contributed by atoms with E-state index < -0.39 is 0 Å². The lowest BCUT2D eigenvalue weighted by Crippen LogP contribution is -2.09. The maximum absolute atomic E-state index is 8.84. The lowest BCUT2D eigenvalue weighted by Gasteiger charge is -2.10. The minimum Gasteiger partial charge on any atom is -0.374 e. The third kappa shape index (κ3) is 5.18. The van der Waals surface area contributed by atoms with Crippen LogP contribution in [0.4, 0.5) is 0 Å². The summed E-state index contributed by atoms with van der Waals surface area (Å²) in [5.74, 6) is 0.820. The zero-order valence-electron chi connectivity index (χ0n) is 14.7. The average molecular weight is 347 g/mol. The molecule has 1 aromatic carbocycles. The monoisotopic (exact) mass is 347 g/mol. The summed E-state index contributed by atoms with van der Waals surface area (Å²) in [5, 5.41) is 17.5. The summed E-state index contributed by atoms with van der Waals surface area (Å²) in [6, 6.07) is 14.1. The van der Waals surface area contributed by atoms with Crippen LogP contribution in [0.2, 0.25) is 0 Å². The highest BCUT2D eigenvalue weighted by atomic mass is 16.5. The van der Waals surface area contributed by atoms with E-state index in [0.29, 0.717) is 45.6 Å². The van der Waals surface area contributed by atoms with Crippen molar-refractivity contribution in [1.29, 1.82) is 10.5 Å². The van der Waals surface area contributed by atoms with E-state index in [1.165, 1.54) is 0 Å². The van der Waals surface area contributed by atoms with E-state index in [1.807, 2.05) is 30.3 Å². The van der Waals surface area contributed by atoms with Gasteiger partial charge in [0.1, 0.15) is 5.82 Å². The van der Waals surface area contributed by atoms with E-state index >= 15 is 0 Å². The fourth-order valence-electron chi connectivity index (χ4n) is 2.75. The van der Waals surface area contributed by atoms with Crippen molar-refractivity contribution >= 4 is 0 Å². The predicted octanol–water partition coefficient (Wildman–Crippen LogP) is 3.75. The van der Waals surface area contributed by atoms with Gasteiger partial charge in [-0.2, -0.15) is 10.5 Å². The fraction of sp³-hybridized carbons (Fsp3) is 0.400. The van der Waals surface area contributed by atoms with E-state index in [1.54, 1.807) is 0 Å². The van der Waals surface area contributed by atoms with Crippen LogP contribution in [0.3, 0.4) is 0 Å². The van der Waals surface area contributed by atoms with Crippen LogP contribution in [-0.4, -0.2) is 22.7 Å². The molecule has 0 amide bonds. The molecule has 0 aliphatic carbocycles. The van der Waals surface area contributed by atoms with E-state index in [-0.39, 0.29) is 0 Å². The molecule has 0 radical (unpaired) electrons. The van der Waals surface area contributed by atoms with Crippen molar-refractivity contribution in [3.8, 4) is 23.5 Å². The summed E-state index contributed by atoms with van der Waals surface area (Å²) >= 11 is 0. The van der Waals surface area contributed by atoms with Gasteiger partial charge in [-0.05, 0) is 12.8 Å². The van der Waals surface area contributed by atoms with Gasteiger partial charge in [0.05, 0.1) is 44.0 Å². The van der Waals surface area contributed by atoms with Crippen LogP contribution >= 0.6 is 0 Å². The van der Waals surface area contributed by atoms with Gasteiger partial charge >= 0.3 is 0 Å². The Balaban J connectivity index is 2.37. The van der Waals surface area contributed by atoms with Crippen molar-refractivity contribution in [1.82, 2.24) is 9.55 Å². The lowest BCUT2D eigenvalue weighted by atomic mass is 10.1. The van der Waals surface area contributed by atoms with Gasteiger partial charge in [0.15, 0.2) is 0 Å². The number of benzene rings is 1. The maximum atomic E-state index is 8.84. The Morgan fingerprint density at radius 2 is 1.92 bits per heavy atom. The summed E-state index contributed by atoms with van der Waals surface area (Å²) in [6.07, 6.45) is 2.26. The molecule has 0 fully saturated rings. The summed E-state index contributed by atoms with van der Waals surface area (Å²) in [4.78, 5) is 8.26. The Bertz CT molecular complexity index is 821. The van der Waals surface area contributed by atoms with Crippen molar-refractivity contribution in [3.05, 3.63) is 53.1 Å². The molecule has 0 unspecified atom stereocenters. The second-order valence-corrected chi connectivity index (χ2v) is 5.70. The van der Waals surface area contributed by atoms with E-state index in [0.717, 1.165) is 29.2 Å². The normalized spacial score (nSPS) is 10.0. The Kier molecular flexibility index (Phi) is 7.87. The smallest absolute Gasteiger partial charge is 0.232 e. The fourth-order valence-corrected chi connectivity index (χ4v) is 2.75. The zero-order valence-corrected chi connectivity index (χ0v) is 14.7. The molecule has 0 bridgehead atoms. The zero-order chi connectivity index (χ0) is 18.6.